The van der Waals surface area contributed by atoms with Gasteiger partial charge in [-0.05, 0) is 25.0 Å². The van der Waals surface area contributed by atoms with Gasteiger partial charge in [-0.15, -0.1) is 11.6 Å². The lowest BCUT2D eigenvalue weighted by molar-refractivity contribution is -0.121. The largest absolute Gasteiger partial charge is 0.355 e. The van der Waals surface area contributed by atoms with Crippen LogP contribution < -0.4 is 5.32 Å². The van der Waals surface area contributed by atoms with E-state index in [1.165, 1.54) is 0 Å². The molecule has 0 fully saturated rings. The SMILES string of the molecule is CCCNC(=O)Cn1c(CCl)nc2c(C)cccc21. The molecule has 1 aromatic heterocycles. The number of para-hydroxylation sites is 1. The zero-order valence-corrected chi connectivity index (χ0v) is 12.0. The summed E-state index contributed by atoms with van der Waals surface area (Å²) in [6.07, 6.45) is 0.928. The molecule has 0 aliphatic rings. The van der Waals surface area contributed by atoms with Crippen molar-refractivity contribution in [2.24, 2.45) is 0 Å². The zero-order chi connectivity index (χ0) is 13.8. The van der Waals surface area contributed by atoms with Gasteiger partial charge in [0.15, 0.2) is 0 Å². The Morgan fingerprint density at radius 3 is 2.95 bits per heavy atom. The Morgan fingerprint density at radius 2 is 2.26 bits per heavy atom. The molecule has 0 radical (unpaired) electrons. The van der Waals surface area contributed by atoms with Crippen LogP contribution in [0.1, 0.15) is 24.7 Å². The molecule has 0 unspecified atom stereocenters. The summed E-state index contributed by atoms with van der Waals surface area (Å²) in [5.74, 6) is 1.03. The first-order valence-electron chi connectivity index (χ1n) is 6.44. The molecule has 2 rings (SSSR count). The maximum Gasteiger partial charge on any atom is 0.240 e. The number of hydrogen-bond acceptors (Lipinski definition) is 2. The van der Waals surface area contributed by atoms with Crippen LogP contribution in [-0.4, -0.2) is 22.0 Å². The third kappa shape index (κ3) is 2.89. The number of aromatic nitrogens is 2. The minimum atomic E-state index is -0.00553. The molecule has 4 nitrogen and oxygen atoms in total. The van der Waals surface area contributed by atoms with Gasteiger partial charge in [0.05, 0.1) is 16.9 Å². The molecule has 19 heavy (non-hydrogen) atoms. The summed E-state index contributed by atoms with van der Waals surface area (Å²) in [5, 5.41) is 2.87. The highest BCUT2D eigenvalue weighted by molar-refractivity contribution is 6.16. The van der Waals surface area contributed by atoms with Crippen LogP contribution in [0.4, 0.5) is 0 Å². The molecule has 0 saturated carbocycles. The summed E-state index contributed by atoms with van der Waals surface area (Å²) in [6, 6.07) is 5.95. The van der Waals surface area contributed by atoms with E-state index >= 15 is 0 Å². The second kappa shape index (κ2) is 6.06. The maximum absolute atomic E-state index is 11.9. The molecule has 5 heteroatoms. The molecular weight excluding hydrogens is 262 g/mol. The Balaban J connectivity index is 2.35. The molecule has 1 aromatic carbocycles. The smallest absolute Gasteiger partial charge is 0.240 e. The molecule has 0 aliphatic heterocycles. The predicted molar refractivity (Wildman–Crippen MR) is 77.3 cm³/mol. The van der Waals surface area contributed by atoms with Crippen LogP contribution in [0.2, 0.25) is 0 Å². The number of nitrogens with one attached hydrogen (secondary N) is 1. The second-order valence-electron chi connectivity index (χ2n) is 4.54. The highest BCUT2D eigenvalue weighted by atomic mass is 35.5. The summed E-state index contributed by atoms with van der Waals surface area (Å²) in [5.41, 5.74) is 2.97. The third-order valence-electron chi connectivity index (χ3n) is 3.05. The van der Waals surface area contributed by atoms with Gasteiger partial charge in [0, 0.05) is 6.54 Å². The maximum atomic E-state index is 11.9. The number of nitrogens with zero attached hydrogens (tertiary/aromatic N) is 2. The van der Waals surface area contributed by atoms with Crippen molar-refractivity contribution in [3.63, 3.8) is 0 Å². The second-order valence-corrected chi connectivity index (χ2v) is 4.81. The zero-order valence-electron chi connectivity index (χ0n) is 11.2. The standard InChI is InChI=1S/C14H18ClN3O/c1-3-7-16-13(19)9-18-11-6-4-5-10(2)14(11)17-12(18)8-15/h4-6H,3,7-9H2,1-2H3,(H,16,19). The molecule has 0 aliphatic carbocycles. The van der Waals surface area contributed by atoms with E-state index < -0.39 is 0 Å². The summed E-state index contributed by atoms with van der Waals surface area (Å²) in [6.45, 7) is 5.00. The Kier molecular flexibility index (Phi) is 4.43. The normalized spacial score (nSPS) is 10.9. The number of carbonyl (C=O) groups excluding carboxylic acids is 1. The number of hydrogen-bond donors (Lipinski definition) is 1. The Morgan fingerprint density at radius 1 is 1.47 bits per heavy atom. The number of benzene rings is 1. The molecule has 0 spiro atoms. The van der Waals surface area contributed by atoms with Crippen molar-refractivity contribution in [1.82, 2.24) is 14.9 Å². The average molecular weight is 280 g/mol. The minimum absolute atomic E-state index is 0.00553. The van der Waals surface area contributed by atoms with Crippen LogP contribution in [0.5, 0.6) is 0 Å². The number of carbonyl (C=O) groups is 1. The quantitative estimate of drug-likeness (QED) is 0.855. The lowest BCUT2D eigenvalue weighted by Crippen LogP contribution is -2.28. The van der Waals surface area contributed by atoms with Crippen molar-refractivity contribution in [2.45, 2.75) is 32.7 Å². The van der Waals surface area contributed by atoms with Crippen molar-refractivity contribution in [1.29, 1.82) is 0 Å². The van der Waals surface area contributed by atoms with Gasteiger partial charge in [-0.1, -0.05) is 19.1 Å². The van der Waals surface area contributed by atoms with Crippen molar-refractivity contribution < 1.29 is 4.79 Å². The molecule has 1 amide bonds. The van der Waals surface area contributed by atoms with E-state index in [1.54, 1.807) is 0 Å². The lowest BCUT2D eigenvalue weighted by Gasteiger charge is -2.08. The molecular formula is C14H18ClN3O. The molecule has 0 atom stereocenters. The number of aryl methyl sites for hydroxylation is 1. The van der Waals surface area contributed by atoms with Crippen molar-refractivity contribution >= 4 is 28.5 Å². The Bertz CT molecular complexity index is 592. The number of halogens is 1. The molecule has 2 aromatic rings. The lowest BCUT2D eigenvalue weighted by atomic mass is 10.2. The van der Waals surface area contributed by atoms with Crippen molar-refractivity contribution in [3.8, 4) is 0 Å². The summed E-state index contributed by atoms with van der Waals surface area (Å²) < 4.78 is 1.89. The van der Waals surface area contributed by atoms with E-state index in [-0.39, 0.29) is 12.5 Å². The first-order valence-corrected chi connectivity index (χ1v) is 6.98. The fourth-order valence-electron chi connectivity index (χ4n) is 2.08. The first kappa shape index (κ1) is 13.9. The number of alkyl halides is 1. The van der Waals surface area contributed by atoms with Gasteiger partial charge in [-0.25, -0.2) is 4.98 Å². The molecule has 0 saturated heterocycles. The monoisotopic (exact) mass is 279 g/mol. The van der Waals surface area contributed by atoms with E-state index in [0.29, 0.717) is 12.4 Å². The van der Waals surface area contributed by atoms with Gasteiger partial charge >= 0.3 is 0 Å². The number of imidazole rings is 1. The number of fused-ring (bicyclic) bond motifs is 1. The first-order chi connectivity index (χ1) is 9.17. The van der Waals surface area contributed by atoms with Gasteiger partial charge < -0.3 is 9.88 Å². The molecule has 1 heterocycles. The van der Waals surface area contributed by atoms with Crippen LogP contribution >= 0.6 is 11.6 Å². The Hall–Kier alpha value is -1.55. The number of rotatable bonds is 5. The van der Waals surface area contributed by atoms with E-state index in [0.717, 1.165) is 28.8 Å². The van der Waals surface area contributed by atoms with Crippen LogP contribution in [0, 0.1) is 6.92 Å². The van der Waals surface area contributed by atoms with E-state index in [2.05, 4.69) is 10.3 Å². The van der Waals surface area contributed by atoms with Gasteiger partial charge in [0.2, 0.25) is 5.91 Å². The van der Waals surface area contributed by atoms with Gasteiger partial charge in [-0.3, -0.25) is 4.79 Å². The fourth-order valence-corrected chi connectivity index (χ4v) is 2.28. The fraction of sp³-hybridized carbons (Fsp3) is 0.429. The third-order valence-corrected chi connectivity index (χ3v) is 3.29. The van der Waals surface area contributed by atoms with E-state index in [4.69, 9.17) is 11.6 Å². The molecule has 0 bridgehead atoms. The van der Waals surface area contributed by atoms with Crippen LogP contribution in [0.25, 0.3) is 11.0 Å². The van der Waals surface area contributed by atoms with Crippen molar-refractivity contribution in [2.75, 3.05) is 6.54 Å². The van der Waals surface area contributed by atoms with Crippen LogP contribution in [0.15, 0.2) is 18.2 Å². The highest BCUT2D eigenvalue weighted by Crippen LogP contribution is 2.20. The molecule has 1 N–H and O–H groups in total. The summed E-state index contributed by atoms with van der Waals surface area (Å²) >= 11 is 5.93. The van der Waals surface area contributed by atoms with E-state index in [1.807, 2.05) is 36.6 Å². The summed E-state index contributed by atoms with van der Waals surface area (Å²) in [4.78, 5) is 16.4. The Labute approximate surface area is 117 Å². The van der Waals surface area contributed by atoms with E-state index in [9.17, 15) is 4.79 Å². The van der Waals surface area contributed by atoms with Gasteiger partial charge in [0.1, 0.15) is 12.4 Å². The van der Waals surface area contributed by atoms with Gasteiger partial charge in [-0.2, -0.15) is 0 Å². The van der Waals surface area contributed by atoms with Crippen LogP contribution in [-0.2, 0) is 17.2 Å². The highest BCUT2D eigenvalue weighted by Gasteiger charge is 2.13. The topological polar surface area (TPSA) is 46.9 Å². The number of amides is 1. The molecule has 102 valence electrons. The van der Waals surface area contributed by atoms with Gasteiger partial charge in [0.25, 0.3) is 0 Å². The summed E-state index contributed by atoms with van der Waals surface area (Å²) in [7, 11) is 0. The average Bonchev–Trinajstić information content (AvgIpc) is 2.76. The van der Waals surface area contributed by atoms with Crippen LogP contribution in [0.3, 0.4) is 0 Å². The van der Waals surface area contributed by atoms with Crippen molar-refractivity contribution in [3.05, 3.63) is 29.6 Å². The predicted octanol–water partition coefficient (Wildman–Crippen LogP) is 2.61. The minimum Gasteiger partial charge on any atom is -0.355 e.